The minimum absolute atomic E-state index is 0.0372. The molecule has 0 saturated carbocycles. The number of carbonyl (C=O) groups excluding carboxylic acids is 4. The summed E-state index contributed by atoms with van der Waals surface area (Å²) in [5, 5.41) is 10.5. The van der Waals surface area contributed by atoms with E-state index in [9.17, 15) is 19.2 Å². The van der Waals surface area contributed by atoms with Crippen molar-refractivity contribution in [3.8, 4) is 0 Å². The van der Waals surface area contributed by atoms with E-state index in [-0.39, 0.29) is 42.5 Å². The van der Waals surface area contributed by atoms with Crippen LogP contribution in [0.2, 0.25) is 0 Å². The summed E-state index contributed by atoms with van der Waals surface area (Å²) in [6.07, 6.45) is 2.49. The first kappa shape index (κ1) is 17.1. The molecule has 10 heteroatoms. The Hall–Kier alpha value is -2.78. The van der Waals surface area contributed by atoms with E-state index >= 15 is 0 Å². The Bertz CT molecular complexity index is 663. The highest BCUT2D eigenvalue weighted by Crippen LogP contribution is 2.13. The summed E-state index contributed by atoms with van der Waals surface area (Å²) in [7, 11) is 0. The van der Waals surface area contributed by atoms with E-state index in [2.05, 4.69) is 26.4 Å². The quantitative estimate of drug-likeness (QED) is 0.580. The van der Waals surface area contributed by atoms with E-state index in [0.717, 1.165) is 0 Å². The Morgan fingerprint density at radius 2 is 1.48 bits per heavy atom. The molecule has 0 aromatic carbocycles. The van der Waals surface area contributed by atoms with Crippen molar-refractivity contribution < 1.29 is 19.2 Å². The molecule has 0 unspecified atom stereocenters. The van der Waals surface area contributed by atoms with Crippen molar-refractivity contribution in [1.29, 1.82) is 0 Å². The molecule has 3 aliphatic rings. The molecule has 3 aliphatic heterocycles. The SMILES string of the molecule is O=C1CCC(C(=O)NC2CCN(C(=O)C3=NNC(=O)CC3)CC2)=NN1. The summed E-state index contributed by atoms with van der Waals surface area (Å²) in [6.45, 7) is 1.03. The number of nitrogens with one attached hydrogen (secondary N) is 3. The van der Waals surface area contributed by atoms with Crippen LogP contribution in [0.25, 0.3) is 0 Å². The summed E-state index contributed by atoms with van der Waals surface area (Å²) < 4.78 is 0. The Morgan fingerprint density at radius 3 is 2.00 bits per heavy atom. The number of rotatable bonds is 3. The van der Waals surface area contributed by atoms with Gasteiger partial charge >= 0.3 is 0 Å². The van der Waals surface area contributed by atoms with Gasteiger partial charge in [0.25, 0.3) is 11.8 Å². The summed E-state index contributed by atoms with van der Waals surface area (Å²) in [4.78, 5) is 48.3. The van der Waals surface area contributed by atoms with Crippen molar-refractivity contribution in [3.63, 3.8) is 0 Å². The van der Waals surface area contributed by atoms with Crippen LogP contribution in [0.1, 0.15) is 38.5 Å². The van der Waals surface area contributed by atoms with E-state index < -0.39 is 0 Å². The Balaban J connectivity index is 1.47. The van der Waals surface area contributed by atoms with Crippen molar-refractivity contribution >= 4 is 35.1 Å². The van der Waals surface area contributed by atoms with E-state index in [1.165, 1.54) is 0 Å². The summed E-state index contributed by atoms with van der Waals surface area (Å²) >= 11 is 0. The molecule has 0 atom stereocenters. The van der Waals surface area contributed by atoms with Crippen LogP contribution in [0.15, 0.2) is 10.2 Å². The first-order chi connectivity index (χ1) is 12.0. The number of hydrogen-bond donors (Lipinski definition) is 3. The highest BCUT2D eigenvalue weighted by atomic mass is 16.2. The average molecular weight is 348 g/mol. The topological polar surface area (TPSA) is 132 Å². The van der Waals surface area contributed by atoms with Gasteiger partial charge in [-0.3, -0.25) is 19.2 Å². The van der Waals surface area contributed by atoms with Gasteiger partial charge in [0.1, 0.15) is 11.4 Å². The summed E-state index contributed by atoms with van der Waals surface area (Å²) in [5.74, 6) is -0.807. The highest BCUT2D eigenvalue weighted by molar-refractivity contribution is 6.40. The molecule has 10 nitrogen and oxygen atoms in total. The van der Waals surface area contributed by atoms with Gasteiger partial charge in [0.15, 0.2) is 0 Å². The summed E-state index contributed by atoms with van der Waals surface area (Å²) in [6, 6.07) is -0.0372. The lowest BCUT2D eigenvalue weighted by atomic mass is 10.0. The third-order valence-corrected chi connectivity index (χ3v) is 4.44. The zero-order valence-electron chi connectivity index (χ0n) is 13.7. The maximum Gasteiger partial charge on any atom is 0.270 e. The van der Waals surface area contributed by atoms with Gasteiger partial charge in [-0.2, -0.15) is 10.2 Å². The Labute approximate surface area is 144 Å². The van der Waals surface area contributed by atoms with Crippen LogP contribution >= 0.6 is 0 Å². The third-order valence-electron chi connectivity index (χ3n) is 4.44. The molecule has 1 fully saturated rings. The van der Waals surface area contributed by atoms with Crippen LogP contribution in [0.4, 0.5) is 0 Å². The number of hydrogen-bond acceptors (Lipinski definition) is 6. The average Bonchev–Trinajstić information content (AvgIpc) is 2.63. The zero-order valence-corrected chi connectivity index (χ0v) is 13.7. The van der Waals surface area contributed by atoms with Crippen LogP contribution in [-0.2, 0) is 19.2 Å². The lowest BCUT2D eigenvalue weighted by Gasteiger charge is -2.33. The fourth-order valence-electron chi connectivity index (χ4n) is 2.94. The van der Waals surface area contributed by atoms with Gasteiger partial charge in [-0.05, 0) is 12.8 Å². The van der Waals surface area contributed by atoms with E-state index in [4.69, 9.17) is 0 Å². The van der Waals surface area contributed by atoms with Gasteiger partial charge in [0, 0.05) is 44.8 Å². The largest absolute Gasteiger partial charge is 0.348 e. The van der Waals surface area contributed by atoms with Gasteiger partial charge in [0.2, 0.25) is 11.8 Å². The second-order valence-electron chi connectivity index (χ2n) is 6.23. The normalized spacial score (nSPS) is 21.7. The van der Waals surface area contributed by atoms with Crippen LogP contribution in [-0.4, -0.2) is 59.1 Å². The highest BCUT2D eigenvalue weighted by Gasteiger charge is 2.29. The van der Waals surface area contributed by atoms with Crippen LogP contribution in [0.3, 0.4) is 0 Å². The molecule has 3 rings (SSSR count). The maximum absolute atomic E-state index is 12.4. The smallest absolute Gasteiger partial charge is 0.270 e. The monoisotopic (exact) mass is 348 g/mol. The molecule has 0 radical (unpaired) electrons. The molecule has 0 spiro atoms. The summed E-state index contributed by atoms with van der Waals surface area (Å²) in [5.41, 5.74) is 5.33. The third kappa shape index (κ3) is 4.20. The molecule has 4 amide bonds. The second kappa shape index (κ2) is 7.41. The fraction of sp³-hybridized carbons (Fsp3) is 0.600. The predicted octanol–water partition coefficient (Wildman–Crippen LogP) is -1.37. The molecule has 1 saturated heterocycles. The lowest BCUT2D eigenvalue weighted by molar-refractivity contribution is -0.125. The number of amides is 4. The molecule has 0 aliphatic carbocycles. The van der Waals surface area contributed by atoms with Gasteiger partial charge in [0.05, 0.1) is 0 Å². The van der Waals surface area contributed by atoms with Gasteiger partial charge < -0.3 is 10.2 Å². The molecule has 3 heterocycles. The number of hydrazone groups is 2. The molecule has 0 aromatic rings. The standard InChI is InChI=1S/C15H20N6O4/c22-12-3-1-10(17-19-12)14(24)16-9-5-7-21(8-6-9)15(25)11-2-4-13(23)20-18-11/h9H,1-8H2,(H,16,24)(H,19,22)(H,20,23). The molecular weight excluding hydrogens is 328 g/mol. The minimum Gasteiger partial charge on any atom is -0.348 e. The fourth-order valence-corrected chi connectivity index (χ4v) is 2.94. The maximum atomic E-state index is 12.4. The number of piperidine rings is 1. The molecule has 134 valence electrons. The predicted molar refractivity (Wildman–Crippen MR) is 87.4 cm³/mol. The molecular formula is C15H20N6O4. The minimum atomic E-state index is -0.274. The van der Waals surface area contributed by atoms with Crippen molar-refractivity contribution in [1.82, 2.24) is 21.1 Å². The van der Waals surface area contributed by atoms with Crippen molar-refractivity contribution in [2.24, 2.45) is 10.2 Å². The van der Waals surface area contributed by atoms with E-state index in [1.807, 2.05) is 0 Å². The van der Waals surface area contributed by atoms with Crippen molar-refractivity contribution in [3.05, 3.63) is 0 Å². The van der Waals surface area contributed by atoms with Gasteiger partial charge in [-0.1, -0.05) is 0 Å². The number of carbonyl (C=O) groups is 4. The van der Waals surface area contributed by atoms with Crippen molar-refractivity contribution in [2.75, 3.05) is 13.1 Å². The Kier molecular flexibility index (Phi) is 5.05. The van der Waals surface area contributed by atoms with E-state index in [1.54, 1.807) is 4.90 Å². The van der Waals surface area contributed by atoms with Gasteiger partial charge in [-0.25, -0.2) is 10.9 Å². The molecule has 3 N–H and O–H groups in total. The number of likely N-dealkylation sites (tertiary alicyclic amines) is 1. The first-order valence-electron chi connectivity index (χ1n) is 8.34. The van der Waals surface area contributed by atoms with Crippen LogP contribution in [0, 0.1) is 0 Å². The first-order valence-corrected chi connectivity index (χ1v) is 8.34. The van der Waals surface area contributed by atoms with Crippen LogP contribution in [0.5, 0.6) is 0 Å². The molecule has 0 aromatic heterocycles. The zero-order chi connectivity index (χ0) is 17.8. The van der Waals surface area contributed by atoms with Gasteiger partial charge in [-0.15, -0.1) is 0 Å². The number of nitrogens with zero attached hydrogens (tertiary/aromatic N) is 3. The molecule has 0 bridgehead atoms. The lowest BCUT2D eigenvalue weighted by Crippen LogP contribution is -2.50. The van der Waals surface area contributed by atoms with Crippen LogP contribution < -0.4 is 16.2 Å². The van der Waals surface area contributed by atoms with Crippen molar-refractivity contribution in [2.45, 2.75) is 44.6 Å². The second-order valence-corrected chi connectivity index (χ2v) is 6.23. The molecule has 25 heavy (non-hydrogen) atoms. The Morgan fingerprint density at radius 1 is 0.920 bits per heavy atom. The van der Waals surface area contributed by atoms with E-state index in [0.29, 0.717) is 50.2 Å².